The third-order valence-electron chi connectivity index (χ3n) is 4.78. The van der Waals surface area contributed by atoms with Crippen LogP contribution in [0.1, 0.15) is 16.8 Å². The van der Waals surface area contributed by atoms with Crippen molar-refractivity contribution in [3.8, 4) is 17.1 Å². The van der Waals surface area contributed by atoms with Gasteiger partial charge in [0.1, 0.15) is 17.3 Å². The molecule has 134 valence electrons. The van der Waals surface area contributed by atoms with E-state index in [1.54, 1.807) is 25.4 Å². The molecule has 0 atom stereocenters. The summed E-state index contributed by atoms with van der Waals surface area (Å²) in [6.07, 6.45) is 1.79. The molecule has 1 aromatic carbocycles. The van der Waals surface area contributed by atoms with E-state index in [-0.39, 0.29) is 5.82 Å². The van der Waals surface area contributed by atoms with Gasteiger partial charge < -0.3 is 4.74 Å². The van der Waals surface area contributed by atoms with Crippen molar-refractivity contribution in [1.82, 2.24) is 19.7 Å². The maximum absolute atomic E-state index is 14.2. The Bertz CT molecular complexity index is 937. The molecule has 0 radical (unpaired) electrons. The lowest BCUT2D eigenvalue weighted by molar-refractivity contribution is 0.203. The van der Waals surface area contributed by atoms with Crippen molar-refractivity contribution in [3.05, 3.63) is 65.2 Å². The Hall–Kier alpha value is -2.73. The smallest absolute Gasteiger partial charge is 0.131 e. The first-order valence-electron chi connectivity index (χ1n) is 8.67. The quantitative estimate of drug-likeness (QED) is 0.722. The minimum absolute atomic E-state index is 0.228. The zero-order valence-electron chi connectivity index (χ0n) is 14.9. The number of aromatic nitrogens is 3. The lowest BCUT2D eigenvalue weighted by Crippen LogP contribution is -2.33. The number of methoxy groups -OCH3 is 1. The lowest BCUT2D eigenvalue weighted by Gasteiger charge is -2.27. The zero-order valence-corrected chi connectivity index (χ0v) is 14.9. The molecule has 1 aliphatic rings. The van der Waals surface area contributed by atoms with E-state index in [1.165, 1.54) is 6.07 Å². The molecule has 0 spiro atoms. The maximum atomic E-state index is 14.2. The molecule has 4 rings (SSSR count). The number of nitrogens with zero attached hydrogens (tertiary/aromatic N) is 4. The number of halogens is 1. The highest BCUT2D eigenvalue weighted by Gasteiger charge is 2.21. The van der Waals surface area contributed by atoms with Gasteiger partial charge in [-0.05, 0) is 30.7 Å². The van der Waals surface area contributed by atoms with Crippen LogP contribution in [0.2, 0.25) is 0 Å². The molecule has 0 bridgehead atoms. The normalized spacial score (nSPS) is 14.3. The van der Waals surface area contributed by atoms with Crippen molar-refractivity contribution in [2.75, 3.05) is 13.7 Å². The van der Waals surface area contributed by atoms with E-state index in [9.17, 15) is 4.39 Å². The van der Waals surface area contributed by atoms with Gasteiger partial charge in [-0.1, -0.05) is 12.1 Å². The van der Waals surface area contributed by atoms with E-state index in [1.807, 2.05) is 23.7 Å². The third-order valence-corrected chi connectivity index (χ3v) is 4.78. The van der Waals surface area contributed by atoms with Crippen molar-refractivity contribution in [1.29, 1.82) is 0 Å². The summed E-state index contributed by atoms with van der Waals surface area (Å²) in [4.78, 5) is 6.69. The van der Waals surface area contributed by atoms with E-state index < -0.39 is 0 Å². The summed E-state index contributed by atoms with van der Waals surface area (Å²) in [5.74, 6) is 0.312. The molecule has 0 saturated carbocycles. The van der Waals surface area contributed by atoms with Gasteiger partial charge in [0.05, 0.1) is 25.0 Å². The van der Waals surface area contributed by atoms with Crippen molar-refractivity contribution in [2.24, 2.45) is 0 Å². The SMILES string of the molecule is COc1ccc(CN2CCn3nc(-c4ncccc4C)cc3C2)c(F)c1. The van der Waals surface area contributed by atoms with E-state index in [0.29, 0.717) is 17.9 Å². The monoisotopic (exact) mass is 352 g/mol. The Morgan fingerprint density at radius 1 is 1.19 bits per heavy atom. The molecule has 5 nitrogen and oxygen atoms in total. The Morgan fingerprint density at radius 3 is 2.85 bits per heavy atom. The molecule has 0 aliphatic carbocycles. The first-order valence-corrected chi connectivity index (χ1v) is 8.67. The Labute approximate surface area is 152 Å². The van der Waals surface area contributed by atoms with Gasteiger partial charge in [-0.3, -0.25) is 14.6 Å². The Kier molecular flexibility index (Phi) is 4.42. The average Bonchev–Trinajstić information content (AvgIpc) is 3.06. The van der Waals surface area contributed by atoms with Crippen molar-refractivity contribution in [2.45, 2.75) is 26.6 Å². The minimum Gasteiger partial charge on any atom is -0.497 e. The summed E-state index contributed by atoms with van der Waals surface area (Å²) in [6, 6.07) is 11.1. The Morgan fingerprint density at radius 2 is 2.08 bits per heavy atom. The highest BCUT2D eigenvalue weighted by molar-refractivity contribution is 5.58. The second-order valence-corrected chi connectivity index (χ2v) is 6.58. The third kappa shape index (κ3) is 3.20. The number of rotatable bonds is 4. The summed E-state index contributed by atoms with van der Waals surface area (Å²) in [5.41, 5.74) is 4.74. The van der Waals surface area contributed by atoms with Crippen LogP contribution in [0.4, 0.5) is 4.39 Å². The molecule has 6 heteroatoms. The molecule has 2 aromatic heterocycles. The first kappa shape index (κ1) is 16.7. The molecule has 0 amide bonds. The van der Waals surface area contributed by atoms with Gasteiger partial charge in [0.2, 0.25) is 0 Å². The highest BCUT2D eigenvalue weighted by atomic mass is 19.1. The molecule has 0 fully saturated rings. The van der Waals surface area contributed by atoms with Crippen LogP contribution in [0.15, 0.2) is 42.6 Å². The number of hydrogen-bond acceptors (Lipinski definition) is 4. The summed E-state index contributed by atoms with van der Waals surface area (Å²) in [7, 11) is 1.54. The van der Waals surface area contributed by atoms with E-state index in [2.05, 4.69) is 16.0 Å². The summed E-state index contributed by atoms with van der Waals surface area (Å²) in [5, 5.41) is 4.70. The molecule has 0 saturated heterocycles. The van der Waals surface area contributed by atoms with Gasteiger partial charge in [-0.25, -0.2) is 4.39 Å². The molecule has 1 aliphatic heterocycles. The number of pyridine rings is 1. The number of ether oxygens (including phenoxy) is 1. The fourth-order valence-electron chi connectivity index (χ4n) is 3.35. The molecule has 26 heavy (non-hydrogen) atoms. The first-order chi connectivity index (χ1) is 12.6. The predicted octanol–water partition coefficient (Wildman–Crippen LogP) is 3.42. The lowest BCUT2D eigenvalue weighted by atomic mass is 10.1. The molecule has 0 N–H and O–H groups in total. The average molecular weight is 352 g/mol. The van der Waals surface area contributed by atoms with E-state index in [0.717, 1.165) is 42.3 Å². The fraction of sp³-hybridized carbons (Fsp3) is 0.300. The van der Waals surface area contributed by atoms with Crippen LogP contribution in [-0.4, -0.2) is 33.3 Å². The van der Waals surface area contributed by atoms with Crippen LogP contribution in [0.5, 0.6) is 5.75 Å². The molecule has 0 unspecified atom stereocenters. The molecule has 3 heterocycles. The van der Waals surface area contributed by atoms with Crippen molar-refractivity contribution in [3.63, 3.8) is 0 Å². The van der Waals surface area contributed by atoms with Gasteiger partial charge in [0.25, 0.3) is 0 Å². The van der Waals surface area contributed by atoms with Crippen molar-refractivity contribution < 1.29 is 9.13 Å². The number of fused-ring (bicyclic) bond motifs is 1. The summed E-state index contributed by atoms with van der Waals surface area (Å²) < 4.78 is 21.3. The summed E-state index contributed by atoms with van der Waals surface area (Å²) >= 11 is 0. The van der Waals surface area contributed by atoms with E-state index >= 15 is 0 Å². The van der Waals surface area contributed by atoms with Gasteiger partial charge in [0, 0.05) is 37.5 Å². The number of benzene rings is 1. The van der Waals surface area contributed by atoms with Gasteiger partial charge in [-0.15, -0.1) is 0 Å². The molecule has 3 aromatic rings. The number of aryl methyl sites for hydroxylation is 1. The van der Waals surface area contributed by atoms with Gasteiger partial charge in [-0.2, -0.15) is 5.10 Å². The van der Waals surface area contributed by atoms with Crippen molar-refractivity contribution >= 4 is 0 Å². The predicted molar refractivity (Wildman–Crippen MR) is 97.3 cm³/mol. The Balaban J connectivity index is 1.52. The standard InChI is InChI=1S/C20H21FN4O/c1-14-4-3-7-22-20(14)19-10-16-13-24(8-9-25(16)23-19)12-15-5-6-17(26-2)11-18(15)21/h3-7,10-11H,8-9,12-13H2,1-2H3. The highest BCUT2D eigenvalue weighted by Crippen LogP contribution is 2.24. The van der Waals surface area contributed by atoms with Crippen LogP contribution < -0.4 is 4.74 Å². The topological polar surface area (TPSA) is 43.2 Å². The summed E-state index contributed by atoms with van der Waals surface area (Å²) in [6.45, 7) is 4.97. The van der Waals surface area contributed by atoms with E-state index in [4.69, 9.17) is 9.84 Å². The molecular formula is C20H21FN4O. The second-order valence-electron chi connectivity index (χ2n) is 6.58. The van der Waals surface area contributed by atoms with Gasteiger partial charge >= 0.3 is 0 Å². The van der Waals surface area contributed by atoms with Crippen LogP contribution in [0.3, 0.4) is 0 Å². The second kappa shape index (κ2) is 6.88. The van der Waals surface area contributed by atoms with Crippen LogP contribution in [0, 0.1) is 12.7 Å². The largest absolute Gasteiger partial charge is 0.497 e. The maximum Gasteiger partial charge on any atom is 0.131 e. The zero-order chi connectivity index (χ0) is 18.1. The number of hydrogen-bond donors (Lipinski definition) is 0. The van der Waals surface area contributed by atoms with Crippen LogP contribution in [-0.2, 0) is 19.6 Å². The molecular weight excluding hydrogens is 331 g/mol. The van der Waals surface area contributed by atoms with Gasteiger partial charge in [0.15, 0.2) is 0 Å². The fourth-order valence-corrected chi connectivity index (χ4v) is 3.35. The minimum atomic E-state index is -0.228. The van der Waals surface area contributed by atoms with Crippen LogP contribution in [0.25, 0.3) is 11.4 Å². The van der Waals surface area contributed by atoms with Crippen LogP contribution >= 0.6 is 0 Å².